The Labute approximate surface area is 150 Å². The number of carbonyl (C=O) groups is 2. The second kappa shape index (κ2) is 7.18. The lowest BCUT2D eigenvalue weighted by atomic mass is 10.1. The van der Waals surface area contributed by atoms with E-state index in [-0.39, 0.29) is 11.7 Å². The predicted molar refractivity (Wildman–Crippen MR) is 98.7 cm³/mol. The standard InChI is InChI=1S/C19H19BrN2O2/c1-14(23)15-6-8-16(9-7-15)21-10-12-22(13-11-21)19(24)17-4-2-3-5-18(17)20/h2-9H,10-13H2,1H3. The zero-order valence-electron chi connectivity index (χ0n) is 13.5. The molecule has 0 N–H and O–H groups in total. The van der Waals surface area contributed by atoms with Gasteiger partial charge >= 0.3 is 0 Å². The first-order chi connectivity index (χ1) is 11.6. The number of carbonyl (C=O) groups excluding carboxylic acids is 2. The van der Waals surface area contributed by atoms with E-state index in [2.05, 4.69) is 20.8 Å². The summed E-state index contributed by atoms with van der Waals surface area (Å²) >= 11 is 3.45. The van der Waals surface area contributed by atoms with Gasteiger partial charge in [0.25, 0.3) is 5.91 Å². The molecule has 124 valence electrons. The summed E-state index contributed by atoms with van der Waals surface area (Å²) in [6, 6.07) is 15.2. The van der Waals surface area contributed by atoms with E-state index in [9.17, 15) is 9.59 Å². The Morgan fingerprint density at radius 2 is 1.54 bits per heavy atom. The van der Waals surface area contributed by atoms with Gasteiger partial charge in [-0.1, -0.05) is 12.1 Å². The Hall–Kier alpha value is -2.14. The van der Waals surface area contributed by atoms with Gasteiger partial charge in [0.2, 0.25) is 0 Å². The normalized spacial score (nSPS) is 14.6. The van der Waals surface area contributed by atoms with Crippen LogP contribution in [0.4, 0.5) is 5.69 Å². The molecular formula is C19H19BrN2O2. The maximum Gasteiger partial charge on any atom is 0.255 e. The van der Waals surface area contributed by atoms with Crippen molar-refractivity contribution in [1.82, 2.24) is 4.90 Å². The molecule has 0 atom stereocenters. The average molecular weight is 387 g/mol. The largest absolute Gasteiger partial charge is 0.368 e. The lowest BCUT2D eigenvalue weighted by molar-refractivity contribution is 0.0745. The molecule has 1 aliphatic rings. The molecule has 0 aromatic heterocycles. The topological polar surface area (TPSA) is 40.6 Å². The van der Waals surface area contributed by atoms with E-state index >= 15 is 0 Å². The summed E-state index contributed by atoms with van der Waals surface area (Å²) in [5, 5.41) is 0. The Balaban J connectivity index is 1.64. The van der Waals surface area contributed by atoms with Crippen molar-refractivity contribution in [2.24, 2.45) is 0 Å². The molecule has 4 nitrogen and oxygen atoms in total. The summed E-state index contributed by atoms with van der Waals surface area (Å²) in [5.74, 6) is 0.138. The molecule has 0 unspecified atom stereocenters. The van der Waals surface area contributed by atoms with Crippen LogP contribution >= 0.6 is 15.9 Å². The molecule has 0 radical (unpaired) electrons. The minimum absolute atomic E-state index is 0.0639. The van der Waals surface area contributed by atoms with E-state index in [0.717, 1.165) is 28.8 Å². The lowest BCUT2D eigenvalue weighted by Gasteiger charge is -2.36. The molecule has 2 aromatic rings. The summed E-state index contributed by atoms with van der Waals surface area (Å²) < 4.78 is 0.831. The zero-order valence-corrected chi connectivity index (χ0v) is 15.1. The SMILES string of the molecule is CC(=O)c1ccc(N2CCN(C(=O)c3ccccc3Br)CC2)cc1. The van der Waals surface area contributed by atoms with E-state index in [4.69, 9.17) is 0 Å². The van der Waals surface area contributed by atoms with Crippen LogP contribution in [0.5, 0.6) is 0 Å². The van der Waals surface area contributed by atoms with Gasteiger partial charge in [0.05, 0.1) is 5.56 Å². The monoisotopic (exact) mass is 386 g/mol. The highest BCUT2D eigenvalue weighted by molar-refractivity contribution is 9.10. The number of anilines is 1. The molecule has 2 aromatic carbocycles. The van der Waals surface area contributed by atoms with Crippen LogP contribution in [-0.4, -0.2) is 42.8 Å². The molecular weight excluding hydrogens is 368 g/mol. The first-order valence-corrected chi connectivity index (χ1v) is 8.75. The highest BCUT2D eigenvalue weighted by Gasteiger charge is 2.23. The van der Waals surface area contributed by atoms with E-state index in [1.54, 1.807) is 6.92 Å². The lowest BCUT2D eigenvalue weighted by Crippen LogP contribution is -2.48. The molecule has 1 saturated heterocycles. The summed E-state index contributed by atoms with van der Waals surface area (Å²) in [5.41, 5.74) is 2.52. The number of nitrogens with zero attached hydrogens (tertiary/aromatic N) is 2. The molecule has 24 heavy (non-hydrogen) atoms. The molecule has 0 spiro atoms. The van der Waals surface area contributed by atoms with Gasteiger partial charge in [-0.3, -0.25) is 9.59 Å². The number of hydrogen-bond donors (Lipinski definition) is 0. The minimum atomic E-state index is 0.0639. The van der Waals surface area contributed by atoms with Crippen LogP contribution in [0.1, 0.15) is 27.6 Å². The Kier molecular flexibility index (Phi) is 5.00. The van der Waals surface area contributed by atoms with Gasteiger partial charge in [-0.2, -0.15) is 0 Å². The van der Waals surface area contributed by atoms with Crippen molar-refractivity contribution in [2.45, 2.75) is 6.92 Å². The van der Waals surface area contributed by atoms with Gasteiger partial charge in [0.15, 0.2) is 5.78 Å². The van der Waals surface area contributed by atoms with E-state index < -0.39 is 0 Å². The van der Waals surface area contributed by atoms with Crippen molar-refractivity contribution in [1.29, 1.82) is 0 Å². The van der Waals surface area contributed by atoms with E-state index in [1.165, 1.54) is 0 Å². The van der Waals surface area contributed by atoms with Crippen molar-refractivity contribution in [3.63, 3.8) is 0 Å². The van der Waals surface area contributed by atoms with E-state index in [0.29, 0.717) is 18.7 Å². The Morgan fingerprint density at radius 3 is 2.12 bits per heavy atom. The average Bonchev–Trinajstić information content (AvgIpc) is 2.62. The molecule has 1 heterocycles. The molecule has 0 bridgehead atoms. The summed E-state index contributed by atoms with van der Waals surface area (Å²) in [7, 11) is 0. The van der Waals surface area contributed by atoms with Gasteiger partial charge in [-0.25, -0.2) is 0 Å². The fourth-order valence-corrected chi connectivity index (χ4v) is 3.33. The third-order valence-electron chi connectivity index (χ3n) is 4.31. The Bertz CT molecular complexity index is 750. The maximum absolute atomic E-state index is 12.6. The highest BCUT2D eigenvalue weighted by Crippen LogP contribution is 2.21. The van der Waals surface area contributed by atoms with Crippen LogP contribution in [0.25, 0.3) is 0 Å². The van der Waals surface area contributed by atoms with Crippen LogP contribution in [0.3, 0.4) is 0 Å². The number of benzene rings is 2. The minimum Gasteiger partial charge on any atom is -0.368 e. The number of ketones is 1. The molecule has 3 rings (SSSR count). The Morgan fingerprint density at radius 1 is 0.917 bits per heavy atom. The first-order valence-electron chi connectivity index (χ1n) is 7.96. The first kappa shape index (κ1) is 16.7. The fourth-order valence-electron chi connectivity index (χ4n) is 2.88. The van der Waals surface area contributed by atoms with Crippen molar-refractivity contribution >= 4 is 33.3 Å². The highest BCUT2D eigenvalue weighted by atomic mass is 79.9. The predicted octanol–water partition coefficient (Wildman–Crippen LogP) is 3.61. The number of rotatable bonds is 3. The van der Waals surface area contributed by atoms with Crippen LogP contribution in [-0.2, 0) is 0 Å². The van der Waals surface area contributed by atoms with Gasteiger partial charge < -0.3 is 9.80 Å². The van der Waals surface area contributed by atoms with Crippen molar-refractivity contribution in [3.05, 3.63) is 64.1 Å². The number of hydrogen-bond acceptors (Lipinski definition) is 3. The number of amides is 1. The summed E-state index contributed by atoms with van der Waals surface area (Å²) in [6.45, 7) is 4.52. The van der Waals surface area contributed by atoms with Crippen molar-refractivity contribution in [2.75, 3.05) is 31.1 Å². The van der Waals surface area contributed by atoms with E-state index in [1.807, 2.05) is 53.4 Å². The second-order valence-corrected chi connectivity index (χ2v) is 6.72. The zero-order chi connectivity index (χ0) is 17.1. The molecule has 0 saturated carbocycles. The second-order valence-electron chi connectivity index (χ2n) is 5.86. The van der Waals surface area contributed by atoms with Gasteiger partial charge in [0.1, 0.15) is 0 Å². The third-order valence-corrected chi connectivity index (χ3v) is 5.00. The number of halogens is 1. The fraction of sp³-hybridized carbons (Fsp3) is 0.263. The third kappa shape index (κ3) is 3.51. The molecule has 1 fully saturated rings. The number of piperazine rings is 1. The molecule has 1 aliphatic heterocycles. The molecule has 0 aliphatic carbocycles. The van der Waals surface area contributed by atoms with Gasteiger partial charge in [-0.05, 0) is 59.3 Å². The quantitative estimate of drug-likeness (QED) is 0.756. The van der Waals surface area contributed by atoms with Crippen LogP contribution < -0.4 is 4.90 Å². The van der Waals surface area contributed by atoms with Crippen molar-refractivity contribution < 1.29 is 9.59 Å². The molecule has 5 heteroatoms. The van der Waals surface area contributed by atoms with Crippen molar-refractivity contribution in [3.8, 4) is 0 Å². The summed E-state index contributed by atoms with van der Waals surface area (Å²) in [6.07, 6.45) is 0. The van der Waals surface area contributed by atoms with Crippen LogP contribution in [0.15, 0.2) is 53.0 Å². The van der Waals surface area contributed by atoms with Crippen LogP contribution in [0, 0.1) is 0 Å². The van der Waals surface area contributed by atoms with Gasteiger partial charge in [-0.15, -0.1) is 0 Å². The summed E-state index contributed by atoms with van der Waals surface area (Å²) in [4.78, 5) is 28.1. The maximum atomic E-state index is 12.6. The molecule has 1 amide bonds. The number of Topliss-reactive ketones (excluding diaryl/α,β-unsaturated/α-hetero) is 1. The van der Waals surface area contributed by atoms with Gasteiger partial charge in [0, 0.05) is 41.9 Å². The smallest absolute Gasteiger partial charge is 0.255 e. The van der Waals surface area contributed by atoms with Crippen LogP contribution in [0.2, 0.25) is 0 Å².